The number of thiazole rings is 1. The van der Waals surface area contributed by atoms with Gasteiger partial charge in [-0.05, 0) is 50.8 Å². The highest BCUT2D eigenvalue weighted by Gasteiger charge is 2.15. The summed E-state index contributed by atoms with van der Waals surface area (Å²) in [7, 11) is 1.58. The predicted molar refractivity (Wildman–Crippen MR) is 119 cm³/mol. The minimum absolute atomic E-state index is 0.318. The van der Waals surface area contributed by atoms with Gasteiger partial charge in [0.2, 0.25) is 0 Å². The van der Waals surface area contributed by atoms with Gasteiger partial charge >= 0.3 is 5.97 Å². The Bertz CT molecular complexity index is 786. The Balaban J connectivity index is 0.000000550. The Morgan fingerprint density at radius 3 is 2.21 bits per heavy atom. The number of benzene rings is 1. The molecule has 1 heterocycles. The van der Waals surface area contributed by atoms with E-state index in [-0.39, 0.29) is 0 Å². The lowest BCUT2D eigenvalue weighted by Gasteiger charge is -2.01. The summed E-state index contributed by atoms with van der Waals surface area (Å²) in [5, 5.41) is 19.8. The lowest BCUT2D eigenvalue weighted by Crippen LogP contribution is -1.94. The summed E-state index contributed by atoms with van der Waals surface area (Å²) in [5.41, 5.74) is 3.97. The zero-order chi connectivity index (χ0) is 21.7. The monoisotopic (exact) mass is 404 g/mol. The van der Waals surface area contributed by atoms with E-state index in [1.807, 2.05) is 25.1 Å². The molecule has 7 heteroatoms. The highest BCUT2D eigenvalue weighted by molar-refractivity contribution is 7.17. The summed E-state index contributed by atoms with van der Waals surface area (Å²) in [4.78, 5) is 15.6. The first-order chi connectivity index (χ1) is 13.2. The number of hydrogen-bond donors (Lipinski definition) is 1. The van der Waals surface area contributed by atoms with E-state index in [0.29, 0.717) is 10.6 Å². The molecule has 0 unspecified atom stereocenters. The SMILES string of the molecule is C/C=N\N=NC.CCC(C)C.Cc1ccc(-c2nc(C)c(C(=O)O)s2)cc1C. The summed E-state index contributed by atoms with van der Waals surface area (Å²) < 4.78 is 0. The van der Waals surface area contributed by atoms with Crippen LogP contribution in [0.5, 0.6) is 0 Å². The Kier molecular flexibility index (Phi) is 12.5. The fourth-order valence-electron chi connectivity index (χ4n) is 1.70. The standard InChI is InChI=1S/C13H13NO2S.C5H12.C3H7N3/c1-7-4-5-10(6-8(7)2)12-14-9(3)11(17-12)13(15)16;1-4-5(2)3;1-3-5-6-4-2/h4-6H,1-3H3,(H,15,16);5H,4H2,1-3H3;3H,1-2H3/b;;5-3-,6-4?. The van der Waals surface area contributed by atoms with Gasteiger partial charge in [-0.25, -0.2) is 9.78 Å². The maximum absolute atomic E-state index is 11.0. The molecule has 0 spiro atoms. The number of carboxylic acids is 1. The van der Waals surface area contributed by atoms with Crippen molar-refractivity contribution in [2.24, 2.45) is 21.4 Å². The fraction of sp³-hybridized carbons (Fsp3) is 0.476. The molecule has 0 saturated carbocycles. The Morgan fingerprint density at radius 1 is 1.25 bits per heavy atom. The highest BCUT2D eigenvalue weighted by atomic mass is 32.1. The van der Waals surface area contributed by atoms with Crippen LogP contribution in [0.3, 0.4) is 0 Å². The number of carboxylic acid groups (broad SMARTS) is 1. The molecule has 1 N–H and O–H groups in total. The number of aromatic carboxylic acids is 1. The summed E-state index contributed by atoms with van der Waals surface area (Å²) in [5.74, 6) is -0.0231. The predicted octanol–water partition coefficient (Wildman–Crippen LogP) is 6.56. The van der Waals surface area contributed by atoms with Crippen molar-refractivity contribution in [2.45, 2.75) is 54.9 Å². The second kappa shape index (κ2) is 13.7. The van der Waals surface area contributed by atoms with Gasteiger partial charge in [0.25, 0.3) is 0 Å². The van der Waals surface area contributed by atoms with Gasteiger partial charge in [0.1, 0.15) is 9.88 Å². The van der Waals surface area contributed by atoms with E-state index < -0.39 is 5.97 Å². The normalized spacial score (nSPS) is 10.6. The number of nitrogens with zero attached hydrogens (tertiary/aromatic N) is 4. The zero-order valence-corrected chi connectivity index (χ0v) is 19.0. The van der Waals surface area contributed by atoms with E-state index in [4.69, 9.17) is 5.11 Å². The van der Waals surface area contributed by atoms with Crippen LogP contribution in [0.25, 0.3) is 10.6 Å². The molecule has 6 nitrogen and oxygen atoms in total. The van der Waals surface area contributed by atoms with Gasteiger partial charge in [-0.1, -0.05) is 44.5 Å². The molecule has 0 aliphatic heterocycles. The average molecular weight is 405 g/mol. The third kappa shape index (κ3) is 9.50. The molecule has 2 aromatic rings. The van der Waals surface area contributed by atoms with Crippen LogP contribution in [-0.4, -0.2) is 29.3 Å². The lowest BCUT2D eigenvalue weighted by atomic mass is 10.1. The maximum Gasteiger partial charge on any atom is 0.347 e. The van der Waals surface area contributed by atoms with Crippen LogP contribution in [0, 0.1) is 26.7 Å². The molecule has 0 aliphatic carbocycles. The van der Waals surface area contributed by atoms with Crippen LogP contribution >= 0.6 is 11.3 Å². The number of aromatic nitrogens is 1. The quantitative estimate of drug-likeness (QED) is 0.355. The van der Waals surface area contributed by atoms with Gasteiger partial charge in [0.05, 0.1) is 12.7 Å². The largest absolute Gasteiger partial charge is 0.477 e. The third-order valence-corrected chi connectivity index (χ3v) is 5.01. The first kappa shape index (κ1) is 25.6. The molecule has 0 fully saturated rings. The van der Waals surface area contributed by atoms with Crippen molar-refractivity contribution in [2.75, 3.05) is 7.05 Å². The van der Waals surface area contributed by atoms with E-state index in [1.54, 1.807) is 27.1 Å². The van der Waals surface area contributed by atoms with Crippen LogP contribution in [-0.2, 0) is 0 Å². The second-order valence-electron chi connectivity index (χ2n) is 6.50. The Labute approximate surface area is 172 Å². The number of rotatable bonds is 4. The number of hydrogen-bond acceptors (Lipinski definition) is 5. The van der Waals surface area contributed by atoms with Crippen molar-refractivity contribution >= 4 is 23.5 Å². The molecule has 0 amide bonds. The molecule has 28 heavy (non-hydrogen) atoms. The number of aryl methyl sites for hydroxylation is 3. The first-order valence-electron chi connectivity index (χ1n) is 9.22. The molecule has 1 aromatic carbocycles. The van der Waals surface area contributed by atoms with Crippen molar-refractivity contribution < 1.29 is 9.90 Å². The molecule has 2 rings (SSSR count). The third-order valence-electron chi connectivity index (χ3n) is 3.82. The van der Waals surface area contributed by atoms with E-state index in [1.165, 1.54) is 28.9 Å². The van der Waals surface area contributed by atoms with Crippen LogP contribution in [0.1, 0.15) is 60.6 Å². The summed E-state index contributed by atoms with van der Waals surface area (Å²) in [6.07, 6.45) is 2.88. The average Bonchev–Trinajstić information content (AvgIpc) is 3.05. The summed E-state index contributed by atoms with van der Waals surface area (Å²) in [6.45, 7) is 14.2. The van der Waals surface area contributed by atoms with Gasteiger partial charge < -0.3 is 5.11 Å². The van der Waals surface area contributed by atoms with Gasteiger partial charge in [0.15, 0.2) is 0 Å². The van der Waals surface area contributed by atoms with Crippen LogP contribution in [0.4, 0.5) is 0 Å². The molecule has 0 aliphatic rings. The van der Waals surface area contributed by atoms with Crippen LogP contribution in [0.15, 0.2) is 33.6 Å². The van der Waals surface area contributed by atoms with Crippen molar-refractivity contribution in [1.29, 1.82) is 0 Å². The summed E-state index contributed by atoms with van der Waals surface area (Å²) in [6, 6.07) is 6.05. The fourth-order valence-corrected chi connectivity index (χ4v) is 2.60. The van der Waals surface area contributed by atoms with E-state index in [0.717, 1.165) is 16.5 Å². The van der Waals surface area contributed by atoms with Crippen LogP contribution in [0.2, 0.25) is 0 Å². The first-order valence-corrected chi connectivity index (χ1v) is 10.0. The molecule has 0 bridgehead atoms. The second-order valence-corrected chi connectivity index (χ2v) is 7.50. The van der Waals surface area contributed by atoms with E-state index in [2.05, 4.69) is 48.1 Å². The van der Waals surface area contributed by atoms with Gasteiger partial charge in [0, 0.05) is 11.8 Å². The lowest BCUT2D eigenvalue weighted by molar-refractivity contribution is 0.0701. The highest BCUT2D eigenvalue weighted by Crippen LogP contribution is 2.29. The molecule has 154 valence electrons. The van der Waals surface area contributed by atoms with Crippen molar-refractivity contribution in [3.63, 3.8) is 0 Å². The maximum atomic E-state index is 11.0. The van der Waals surface area contributed by atoms with Gasteiger partial charge in [-0.2, -0.15) is 5.11 Å². The molecule has 0 radical (unpaired) electrons. The van der Waals surface area contributed by atoms with Gasteiger partial charge in [-0.15, -0.1) is 16.4 Å². The van der Waals surface area contributed by atoms with E-state index in [9.17, 15) is 4.79 Å². The Hall–Kier alpha value is -2.41. The van der Waals surface area contributed by atoms with Crippen molar-refractivity contribution in [3.05, 3.63) is 39.9 Å². The van der Waals surface area contributed by atoms with Crippen LogP contribution < -0.4 is 0 Å². The minimum atomic E-state index is -0.907. The molecular weight excluding hydrogens is 372 g/mol. The summed E-state index contributed by atoms with van der Waals surface area (Å²) >= 11 is 1.22. The topological polar surface area (TPSA) is 87.3 Å². The van der Waals surface area contributed by atoms with Gasteiger partial charge in [-0.3, -0.25) is 0 Å². The molecular formula is C21H32N4O2S. The smallest absolute Gasteiger partial charge is 0.347 e. The minimum Gasteiger partial charge on any atom is -0.477 e. The van der Waals surface area contributed by atoms with E-state index >= 15 is 0 Å². The van der Waals surface area contributed by atoms with Crippen molar-refractivity contribution in [3.8, 4) is 10.6 Å². The zero-order valence-electron chi connectivity index (χ0n) is 18.1. The van der Waals surface area contributed by atoms with Crippen molar-refractivity contribution in [1.82, 2.24) is 4.98 Å². The Morgan fingerprint density at radius 2 is 1.86 bits per heavy atom. The molecule has 0 atom stereocenters. The number of carbonyl (C=O) groups is 1. The molecule has 0 saturated heterocycles. The molecule has 1 aromatic heterocycles.